The van der Waals surface area contributed by atoms with Crippen LogP contribution < -0.4 is 0 Å². The Morgan fingerprint density at radius 2 is 1.84 bits per heavy atom. The molecule has 0 aromatic carbocycles. The van der Waals surface area contributed by atoms with Crippen LogP contribution in [0.3, 0.4) is 0 Å². The Kier molecular flexibility index (Phi) is 7.26. The first-order valence-electron chi connectivity index (χ1n) is 7.28. The predicted molar refractivity (Wildman–Crippen MR) is 77.3 cm³/mol. The molecule has 1 fully saturated rings. The first-order chi connectivity index (χ1) is 9.22. The van der Waals surface area contributed by atoms with Gasteiger partial charge in [-0.2, -0.15) is 0 Å². The van der Waals surface area contributed by atoms with Crippen molar-refractivity contribution in [3.8, 4) is 0 Å². The molecule has 0 bridgehead atoms. The highest BCUT2D eigenvalue weighted by Gasteiger charge is 2.22. The summed E-state index contributed by atoms with van der Waals surface area (Å²) in [7, 11) is 0. The Morgan fingerprint density at radius 1 is 1.21 bits per heavy atom. The average Bonchev–Trinajstić information content (AvgIpc) is 2.94. The first-order valence-corrected chi connectivity index (χ1v) is 7.28. The van der Waals surface area contributed by atoms with Crippen molar-refractivity contribution in [3.05, 3.63) is 24.2 Å². The molecule has 4 heteroatoms. The first kappa shape index (κ1) is 15.8. The maximum atomic E-state index is 11.9. The molecular weight excluding hydrogens is 240 g/mol. The Balaban J connectivity index is 0.000000550. The van der Waals surface area contributed by atoms with Crippen LogP contribution in [-0.4, -0.2) is 48.4 Å². The van der Waals surface area contributed by atoms with Gasteiger partial charge in [-0.15, -0.1) is 0 Å². The second-order valence-corrected chi connectivity index (χ2v) is 4.82. The van der Waals surface area contributed by atoms with Gasteiger partial charge in [-0.3, -0.25) is 9.69 Å². The molecule has 0 N–H and O–H groups in total. The van der Waals surface area contributed by atoms with Crippen molar-refractivity contribution in [2.45, 2.75) is 33.6 Å². The molecule has 1 amide bonds. The van der Waals surface area contributed by atoms with E-state index in [1.54, 1.807) is 18.4 Å². The zero-order valence-electron chi connectivity index (χ0n) is 12.4. The second kappa shape index (κ2) is 8.75. The highest BCUT2D eigenvalue weighted by atomic mass is 16.3. The van der Waals surface area contributed by atoms with Crippen molar-refractivity contribution in [2.75, 3.05) is 32.7 Å². The van der Waals surface area contributed by atoms with Crippen molar-refractivity contribution in [3.63, 3.8) is 0 Å². The summed E-state index contributed by atoms with van der Waals surface area (Å²) >= 11 is 0. The minimum absolute atomic E-state index is 0.0150. The summed E-state index contributed by atoms with van der Waals surface area (Å²) in [6.07, 6.45) is 3.96. The topological polar surface area (TPSA) is 36.7 Å². The maximum Gasteiger partial charge on any atom is 0.289 e. The molecule has 1 aliphatic heterocycles. The highest BCUT2D eigenvalue weighted by molar-refractivity contribution is 5.91. The average molecular weight is 266 g/mol. The van der Waals surface area contributed by atoms with Gasteiger partial charge in [0.05, 0.1) is 6.26 Å². The van der Waals surface area contributed by atoms with Gasteiger partial charge in [-0.1, -0.05) is 27.2 Å². The maximum absolute atomic E-state index is 11.9. The van der Waals surface area contributed by atoms with E-state index >= 15 is 0 Å². The minimum atomic E-state index is 0.0150. The summed E-state index contributed by atoms with van der Waals surface area (Å²) in [6, 6.07) is 3.47. The van der Waals surface area contributed by atoms with Gasteiger partial charge in [-0.25, -0.2) is 0 Å². The summed E-state index contributed by atoms with van der Waals surface area (Å²) in [5.74, 6) is 0.463. The van der Waals surface area contributed by atoms with E-state index in [-0.39, 0.29) is 5.91 Å². The van der Waals surface area contributed by atoms with Gasteiger partial charge in [0.1, 0.15) is 0 Å². The van der Waals surface area contributed by atoms with Gasteiger partial charge in [0.25, 0.3) is 5.91 Å². The van der Waals surface area contributed by atoms with E-state index < -0.39 is 0 Å². The summed E-state index contributed by atoms with van der Waals surface area (Å²) in [5.41, 5.74) is 0. The third-order valence-electron chi connectivity index (χ3n) is 2.93. The number of hydrogen-bond donors (Lipinski definition) is 0. The molecule has 0 saturated carbocycles. The predicted octanol–water partition coefficient (Wildman–Crippen LogP) is 2.86. The molecule has 4 nitrogen and oxygen atoms in total. The lowest BCUT2D eigenvalue weighted by molar-refractivity contribution is 0.0606. The summed E-state index contributed by atoms with van der Waals surface area (Å²) in [4.78, 5) is 16.2. The zero-order chi connectivity index (χ0) is 14.1. The molecule has 0 aliphatic carbocycles. The van der Waals surface area contributed by atoms with E-state index in [1.165, 1.54) is 12.8 Å². The standard InChI is InChI=1S/C12H18N2O2.C3H8/c1-2-5-13-6-8-14(9-7-13)12(15)11-4-3-10-16-11;1-3-2/h3-4,10H,2,5-9H2,1H3;3H2,1-2H3. The van der Waals surface area contributed by atoms with Gasteiger partial charge in [0.2, 0.25) is 0 Å². The fourth-order valence-electron chi connectivity index (χ4n) is 2.05. The number of carbonyl (C=O) groups is 1. The number of carbonyl (C=O) groups excluding carboxylic acids is 1. The van der Waals surface area contributed by atoms with Crippen molar-refractivity contribution >= 4 is 5.91 Å². The molecule has 2 rings (SSSR count). The lowest BCUT2D eigenvalue weighted by Gasteiger charge is -2.34. The fourth-order valence-corrected chi connectivity index (χ4v) is 2.05. The van der Waals surface area contributed by atoms with E-state index in [1.807, 2.05) is 4.90 Å². The van der Waals surface area contributed by atoms with Crippen molar-refractivity contribution in [2.24, 2.45) is 0 Å². The number of hydrogen-bond acceptors (Lipinski definition) is 3. The lowest BCUT2D eigenvalue weighted by Crippen LogP contribution is -2.48. The smallest absolute Gasteiger partial charge is 0.289 e. The highest BCUT2D eigenvalue weighted by Crippen LogP contribution is 2.09. The van der Waals surface area contributed by atoms with Gasteiger partial charge >= 0.3 is 0 Å². The normalized spacial score (nSPS) is 15.8. The van der Waals surface area contributed by atoms with Gasteiger partial charge in [0, 0.05) is 26.2 Å². The quantitative estimate of drug-likeness (QED) is 0.844. The minimum Gasteiger partial charge on any atom is -0.459 e. The van der Waals surface area contributed by atoms with Crippen LogP contribution in [-0.2, 0) is 0 Å². The third kappa shape index (κ3) is 5.07. The van der Waals surface area contributed by atoms with Gasteiger partial charge < -0.3 is 9.32 Å². The SMILES string of the molecule is CCC.CCCN1CCN(C(=O)c2ccco2)CC1. The van der Waals surface area contributed by atoms with Crippen LogP contribution in [0.5, 0.6) is 0 Å². The van der Waals surface area contributed by atoms with Crippen molar-refractivity contribution < 1.29 is 9.21 Å². The molecule has 0 atom stereocenters. The molecule has 0 radical (unpaired) electrons. The molecule has 1 aliphatic rings. The number of amides is 1. The van der Waals surface area contributed by atoms with E-state index in [4.69, 9.17) is 4.42 Å². The molecule has 2 heterocycles. The number of nitrogens with zero attached hydrogens (tertiary/aromatic N) is 2. The van der Waals surface area contributed by atoms with E-state index in [2.05, 4.69) is 25.7 Å². The van der Waals surface area contributed by atoms with Crippen LogP contribution >= 0.6 is 0 Å². The molecule has 19 heavy (non-hydrogen) atoms. The van der Waals surface area contributed by atoms with Gasteiger partial charge in [-0.05, 0) is 25.1 Å². The van der Waals surface area contributed by atoms with E-state index in [9.17, 15) is 4.79 Å². The van der Waals surface area contributed by atoms with E-state index in [0.29, 0.717) is 5.76 Å². The zero-order valence-corrected chi connectivity index (χ0v) is 12.4. The van der Waals surface area contributed by atoms with Crippen LogP contribution in [0.2, 0.25) is 0 Å². The molecule has 108 valence electrons. The van der Waals surface area contributed by atoms with Crippen molar-refractivity contribution in [1.29, 1.82) is 0 Å². The second-order valence-electron chi connectivity index (χ2n) is 4.82. The summed E-state index contributed by atoms with van der Waals surface area (Å²) < 4.78 is 5.12. The Hall–Kier alpha value is -1.29. The Labute approximate surface area is 116 Å². The van der Waals surface area contributed by atoms with Gasteiger partial charge in [0.15, 0.2) is 5.76 Å². The van der Waals surface area contributed by atoms with Crippen LogP contribution in [0.4, 0.5) is 0 Å². The molecule has 0 unspecified atom stereocenters. The lowest BCUT2D eigenvalue weighted by atomic mass is 10.2. The van der Waals surface area contributed by atoms with Crippen LogP contribution in [0, 0.1) is 0 Å². The van der Waals surface area contributed by atoms with Crippen LogP contribution in [0.25, 0.3) is 0 Å². The number of rotatable bonds is 3. The molecule has 1 aromatic heterocycles. The third-order valence-corrected chi connectivity index (χ3v) is 2.93. The fraction of sp³-hybridized carbons (Fsp3) is 0.667. The van der Waals surface area contributed by atoms with Crippen LogP contribution in [0.1, 0.15) is 44.2 Å². The molecule has 0 spiro atoms. The monoisotopic (exact) mass is 266 g/mol. The molecule has 1 aromatic rings. The Bertz CT molecular complexity index is 341. The Morgan fingerprint density at radius 3 is 2.32 bits per heavy atom. The summed E-state index contributed by atoms with van der Waals surface area (Å²) in [6.45, 7) is 11.1. The molecule has 1 saturated heterocycles. The summed E-state index contributed by atoms with van der Waals surface area (Å²) in [5, 5.41) is 0. The number of furan rings is 1. The van der Waals surface area contributed by atoms with Crippen LogP contribution in [0.15, 0.2) is 22.8 Å². The molecular formula is C15H26N2O2. The largest absolute Gasteiger partial charge is 0.459 e. The van der Waals surface area contributed by atoms with Crippen molar-refractivity contribution in [1.82, 2.24) is 9.80 Å². The number of piperazine rings is 1. The van der Waals surface area contributed by atoms with E-state index in [0.717, 1.165) is 32.7 Å².